The number of phenolic OH excluding ortho intramolecular Hbond substituents is 1. The maximum Gasteiger partial charge on any atom is 0.138 e. The normalized spacial score (nSPS) is 23.4. The Morgan fingerprint density at radius 3 is 2.70 bits per heavy atom. The van der Waals surface area contributed by atoms with Crippen LogP contribution in [-0.2, 0) is 0 Å². The van der Waals surface area contributed by atoms with Crippen molar-refractivity contribution in [3.8, 4) is 5.75 Å². The van der Waals surface area contributed by atoms with E-state index in [1.165, 1.54) is 26.1 Å². The molecule has 1 saturated heterocycles. The first-order chi connectivity index (χ1) is 9.60. The Morgan fingerprint density at radius 1 is 1.35 bits per heavy atom. The average molecular weight is 405 g/mol. The van der Waals surface area contributed by atoms with Gasteiger partial charge in [-0.05, 0) is 34.5 Å². The standard InChI is InChI=1S/C15H20Br2N2O/c1-2-5-19-6-3-13(4-7-19)18-10-11-8-12(16)9-14(17)15(11)20/h8-10,13,20H,2-7H2,1H3/p+1. The molecule has 0 atom stereocenters. The Balaban J connectivity index is 1.97. The van der Waals surface area contributed by atoms with Gasteiger partial charge in [-0.1, -0.05) is 22.9 Å². The van der Waals surface area contributed by atoms with Crippen molar-refractivity contribution in [2.24, 2.45) is 4.99 Å². The molecule has 1 heterocycles. The van der Waals surface area contributed by atoms with E-state index in [0.717, 1.165) is 22.9 Å². The highest BCUT2D eigenvalue weighted by Crippen LogP contribution is 2.30. The molecule has 2 rings (SSSR count). The van der Waals surface area contributed by atoms with Gasteiger partial charge in [0.15, 0.2) is 0 Å². The fourth-order valence-corrected chi connectivity index (χ4v) is 3.89. The lowest BCUT2D eigenvalue weighted by Gasteiger charge is -2.26. The van der Waals surface area contributed by atoms with Crippen molar-refractivity contribution in [2.45, 2.75) is 32.2 Å². The molecule has 0 unspecified atom stereocenters. The first-order valence-electron chi connectivity index (χ1n) is 7.15. The number of likely N-dealkylation sites (tertiary alicyclic amines) is 1. The van der Waals surface area contributed by atoms with Crippen LogP contribution in [0.1, 0.15) is 31.7 Å². The van der Waals surface area contributed by atoms with Crippen molar-refractivity contribution in [2.75, 3.05) is 19.6 Å². The summed E-state index contributed by atoms with van der Waals surface area (Å²) in [6.07, 6.45) is 5.34. The second kappa shape index (κ2) is 7.57. The van der Waals surface area contributed by atoms with Crippen molar-refractivity contribution < 1.29 is 10.0 Å². The lowest BCUT2D eigenvalue weighted by molar-refractivity contribution is -0.905. The number of aromatic hydroxyl groups is 1. The smallest absolute Gasteiger partial charge is 0.138 e. The average Bonchev–Trinajstić information content (AvgIpc) is 2.43. The molecule has 1 aromatic rings. The largest absolute Gasteiger partial charge is 0.506 e. The zero-order valence-corrected chi connectivity index (χ0v) is 14.9. The van der Waals surface area contributed by atoms with Crippen molar-refractivity contribution in [3.05, 3.63) is 26.6 Å². The summed E-state index contributed by atoms with van der Waals surface area (Å²) in [5.74, 6) is 0.256. The Labute approximate surface area is 137 Å². The minimum Gasteiger partial charge on any atom is -0.506 e. The first kappa shape index (κ1) is 16.0. The minimum atomic E-state index is 0.256. The van der Waals surface area contributed by atoms with Gasteiger partial charge in [-0.2, -0.15) is 0 Å². The van der Waals surface area contributed by atoms with E-state index in [0.29, 0.717) is 10.5 Å². The molecule has 0 saturated carbocycles. The van der Waals surface area contributed by atoms with Crippen LogP contribution in [0.4, 0.5) is 0 Å². The molecular weight excluding hydrogens is 384 g/mol. The van der Waals surface area contributed by atoms with Crippen LogP contribution in [-0.4, -0.2) is 37.0 Å². The van der Waals surface area contributed by atoms with Crippen LogP contribution in [0, 0.1) is 0 Å². The second-order valence-corrected chi connectivity index (χ2v) is 7.10. The molecule has 1 aliphatic rings. The van der Waals surface area contributed by atoms with Crippen LogP contribution < -0.4 is 4.90 Å². The third-order valence-electron chi connectivity index (χ3n) is 3.75. The van der Waals surface area contributed by atoms with Gasteiger partial charge >= 0.3 is 0 Å². The van der Waals surface area contributed by atoms with Gasteiger partial charge in [0.05, 0.1) is 30.1 Å². The summed E-state index contributed by atoms with van der Waals surface area (Å²) in [6, 6.07) is 4.12. The van der Waals surface area contributed by atoms with Gasteiger partial charge in [-0.15, -0.1) is 0 Å². The molecule has 2 N–H and O–H groups in total. The molecule has 5 heteroatoms. The van der Waals surface area contributed by atoms with Crippen LogP contribution in [0.2, 0.25) is 0 Å². The van der Waals surface area contributed by atoms with Crippen molar-refractivity contribution >= 4 is 38.1 Å². The highest BCUT2D eigenvalue weighted by atomic mass is 79.9. The summed E-state index contributed by atoms with van der Waals surface area (Å²) < 4.78 is 1.63. The van der Waals surface area contributed by atoms with Gasteiger partial charge < -0.3 is 10.0 Å². The molecule has 1 fully saturated rings. The number of nitrogens with one attached hydrogen (secondary N) is 1. The molecule has 20 heavy (non-hydrogen) atoms. The number of quaternary nitrogens is 1. The zero-order chi connectivity index (χ0) is 14.5. The Kier molecular flexibility index (Phi) is 6.05. The van der Waals surface area contributed by atoms with Gasteiger partial charge in [0.25, 0.3) is 0 Å². The quantitative estimate of drug-likeness (QED) is 0.744. The molecule has 0 bridgehead atoms. The molecule has 0 radical (unpaired) electrons. The molecule has 0 spiro atoms. The van der Waals surface area contributed by atoms with E-state index in [4.69, 9.17) is 0 Å². The van der Waals surface area contributed by atoms with E-state index in [2.05, 4.69) is 43.8 Å². The van der Waals surface area contributed by atoms with Gasteiger partial charge in [0.1, 0.15) is 5.75 Å². The summed E-state index contributed by atoms with van der Waals surface area (Å²) in [5, 5.41) is 10.0. The Morgan fingerprint density at radius 2 is 2.05 bits per heavy atom. The Bertz CT molecular complexity index is 483. The van der Waals surface area contributed by atoms with E-state index < -0.39 is 0 Å². The highest BCUT2D eigenvalue weighted by Gasteiger charge is 2.20. The monoisotopic (exact) mass is 403 g/mol. The topological polar surface area (TPSA) is 37.0 Å². The zero-order valence-electron chi connectivity index (χ0n) is 11.7. The van der Waals surface area contributed by atoms with Gasteiger partial charge in [0.2, 0.25) is 0 Å². The van der Waals surface area contributed by atoms with Crippen LogP contribution >= 0.6 is 31.9 Å². The maximum atomic E-state index is 10.0. The van der Waals surface area contributed by atoms with Crippen LogP contribution in [0.3, 0.4) is 0 Å². The second-order valence-electron chi connectivity index (χ2n) is 5.33. The highest BCUT2D eigenvalue weighted by molar-refractivity contribution is 9.11. The SMILES string of the molecule is CCC[NH+]1CCC(N=Cc2cc(Br)cc(Br)c2O)CC1. The van der Waals surface area contributed by atoms with Crippen molar-refractivity contribution in [1.82, 2.24) is 0 Å². The summed E-state index contributed by atoms with van der Waals surface area (Å²) >= 11 is 6.78. The first-order valence-corrected chi connectivity index (χ1v) is 8.73. The summed E-state index contributed by atoms with van der Waals surface area (Å²) in [5.41, 5.74) is 0.759. The van der Waals surface area contributed by atoms with Gasteiger partial charge in [0, 0.05) is 29.1 Å². The third-order valence-corrected chi connectivity index (χ3v) is 4.81. The van der Waals surface area contributed by atoms with Crippen LogP contribution in [0.15, 0.2) is 26.1 Å². The predicted molar refractivity (Wildman–Crippen MR) is 90.0 cm³/mol. The molecule has 1 aliphatic heterocycles. The van der Waals surface area contributed by atoms with Crippen molar-refractivity contribution in [3.63, 3.8) is 0 Å². The van der Waals surface area contributed by atoms with Crippen molar-refractivity contribution in [1.29, 1.82) is 0 Å². The van der Waals surface area contributed by atoms with Gasteiger partial charge in [-0.3, -0.25) is 4.99 Å². The fraction of sp³-hybridized carbons (Fsp3) is 0.533. The number of phenols is 1. The Hall–Kier alpha value is -0.390. The summed E-state index contributed by atoms with van der Waals surface area (Å²) in [4.78, 5) is 6.35. The lowest BCUT2D eigenvalue weighted by Crippen LogP contribution is -3.13. The van der Waals surface area contributed by atoms with E-state index in [1.807, 2.05) is 12.1 Å². The molecule has 3 nitrogen and oxygen atoms in total. The van der Waals surface area contributed by atoms with Crippen LogP contribution in [0.25, 0.3) is 0 Å². The molecule has 110 valence electrons. The number of aliphatic imine (C=N–C) groups is 1. The van der Waals surface area contributed by atoms with E-state index >= 15 is 0 Å². The summed E-state index contributed by atoms with van der Waals surface area (Å²) in [7, 11) is 0. The number of hydrogen-bond acceptors (Lipinski definition) is 2. The number of nitrogens with zero attached hydrogens (tertiary/aromatic N) is 1. The molecule has 0 amide bonds. The molecule has 1 aromatic carbocycles. The number of piperidine rings is 1. The number of benzene rings is 1. The van der Waals surface area contributed by atoms with Crippen LogP contribution in [0.5, 0.6) is 5.75 Å². The number of rotatable bonds is 4. The van der Waals surface area contributed by atoms with E-state index in [9.17, 15) is 5.11 Å². The van der Waals surface area contributed by atoms with Gasteiger partial charge in [-0.25, -0.2) is 0 Å². The predicted octanol–water partition coefficient (Wildman–Crippen LogP) is 2.79. The number of hydrogen-bond donors (Lipinski definition) is 2. The molecular formula is C15H21Br2N2O+. The fourth-order valence-electron chi connectivity index (χ4n) is 2.63. The minimum absolute atomic E-state index is 0.256. The maximum absolute atomic E-state index is 10.0. The summed E-state index contributed by atoms with van der Waals surface area (Å²) in [6.45, 7) is 5.94. The van der Waals surface area contributed by atoms with E-state index in [1.54, 1.807) is 11.1 Å². The van der Waals surface area contributed by atoms with E-state index in [-0.39, 0.29) is 5.75 Å². The number of halogens is 2. The lowest BCUT2D eigenvalue weighted by atomic mass is 10.1. The molecule has 0 aliphatic carbocycles. The third kappa shape index (κ3) is 4.30. The molecule has 0 aromatic heterocycles.